The first-order valence-electron chi connectivity index (χ1n) is 8.57. The number of hydrogen-bond acceptors (Lipinski definition) is 4. The molecule has 5 heteroatoms. The first-order chi connectivity index (χ1) is 12.3. The van der Waals surface area contributed by atoms with Crippen LogP contribution in [0.4, 0.5) is 5.69 Å². The van der Waals surface area contributed by atoms with Gasteiger partial charge >= 0.3 is 5.97 Å². The van der Waals surface area contributed by atoms with E-state index < -0.39 is 12.1 Å². The number of rotatable bonds is 2. The van der Waals surface area contributed by atoms with Crippen LogP contribution in [0.15, 0.2) is 48.5 Å². The summed E-state index contributed by atoms with van der Waals surface area (Å²) in [6.45, 7) is 6.50. The lowest BCUT2D eigenvalue weighted by atomic mass is 9.86. The van der Waals surface area contributed by atoms with Gasteiger partial charge in [0.15, 0.2) is 0 Å². The Morgan fingerprint density at radius 3 is 2.35 bits per heavy atom. The molecule has 0 radical (unpaired) electrons. The normalized spacial score (nSPS) is 16.5. The maximum absolute atomic E-state index is 13.1. The van der Waals surface area contributed by atoms with Crippen LogP contribution in [-0.2, 0) is 14.9 Å². The van der Waals surface area contributed by atoms with Crippen molar-refractivity contribution in [2.24, 2.45) is 0 Å². The Labute approximate surface area is 153 Å². The molecule has 0 aromatic heterocycles. The second kappa shape index (κ2) is 6.83. The van der Waals surface area contributed by atoms with E-state index in [1.807, 2.05) is 36.4 Å². The number of amides is 1. The number of esters is 1. The zero-order valence-corrected chi connectivity index (χ0v) is 15.5. The molecule has 0 saturated carbocycles. The van der Waals surface area contributed by atoms with E-state index in [1.165, 1.54) is 7.11 Å². The predicted molar refractivity (Wildman–Crippen MR) is 99.7 cm³/mol. The van der Waals surface area contributed by atoms with E-state index in [0.717, 1.165) is 5.56 Å². The molecular formula is C21H23NO4. The van der Waals surface area contributed by atoms with Crippen molar-refractivity contribution < 1.29 is 19.1 Å². The molecular weight excluding hydrogens is 330 g/mol. The van der Waals surface area contributed by atoms with Crippen molar-refractivity contribution in [3.8, 4) is 5.75 Å². The topological polar surface area (TPSA) is 55.8 Å². The summed E-state index contributed by atoms with van der Waals surface area (Å²) in [4.78, 5) is 26.6. The van der Waals surface area contributed by atoms with E-state index in [-0.39, 0.29) is 17.9 Å². The molecule has 1 atom stereocenters. The lowest BCUT2D eigenvalue weighted by Crippen LogP contribution is -2.47. The number of carbonyl (C=O) groups excluding carboxylic acids is 2. The molecule has 136 valence electrons. The second-order valence-corrected chi connectivity index (χ2v) is 7.34. The quantitative estimate of drug-likeness (QED) is 0.775. The molecule has 0 aliphatic carbocycles. The molecule has 1 amide bonds. The Morgan fingerprint density at radius 1 is 1.08 bits per heavy atom. The first-order valence-corrected chi connectivity index (χ1v) is 8.57. The van der Waals surface area contributed by atoms with Gasteiger partial charge < -0.3 is 14.4 Å². The third kappa shape index (κ3) is 3.43. The molecule has 0 N–H and O–H groups in total. The average Bonchev–Trinajstić information content (AvgIpc) is 2.65. The zero-order valence-electron chi connectivity index (χ0n) is 15.5. The summed E-state index contributed by atoms with van der Waals surface area (Å²) in [7, 11) is 1.31. The van der Waals surface area contributed by atoms with Crippen LogP contribution < -0.4 is 9.64 Å². The zero-order chi connectivity index (χ0) is 18.9. The van der Waals surface area contributed by atoms with Crippen LogP contribution in [0.2, 0.25) is 0 Å². The van der Waals surface area contributed by atoms with Gasteiger partial charge in [0.2, 0.25) is 6.10 Å². The Morgan fingerprint density at radius 2 is 1.73 bits per heavy atom. The van der Waals surface area contributed by atoms with Crippen LogP contribution in [0.3, 0.4) is 0 Å². The van der Waals surface area contributed by atoms with Gasteiger partial charge in [-0.15, -0.1) is 0 Å². The van der Waals surface area contributed by atoms with Gasteiger partial charge in [-0.05, 0) is 35.2 Å². The first kappa shape index (κ1) is 18.0. The van der Waals surface area contributed by atoms with Crippen LogP contribution in [0.5, 0.6) is 5.75 Å². The van der Waals surface area contributed by atoms with E-state index in [1.54, 1.807) is 17.0 Å². The fourth-order valence-corrected chi connectivity index (χ4v) is 2.95. The van der Waals surface area contributed by atoms with Crippen molar-refractivity contribution in [1.82, 2.24) is 0 Å². The summed E-state index contributed by atoms with van der Waals surface area (Å²) < 4.78 is 10.5. The van der Waals surface area contributed by atoms with Crippen molar-refractivity contribution in [3.05, 3.63) is 59.7 Å². The molecule has 26 heavy (non-hydrogen) atoms. The molecule has 5 nitrogen and oxygen atoms in total. The van der Waals surface area contributed by atoms with Gasteiger partial charge in [-0.1, -0.05) is 45.0 Å². The monoisotopic (exact) mass is 353 g/mol. The van der Waals surface area contributed by atoms with Gasteiger partial charge in [-0.25, -0.2) is 4.79 Å². The van der Waals surface area contributed by atoms with Crippen LogP contribution in [-0.4, -0.2) is 31.6 Å². The van der Waals surface area contributed by atoms with E-state index in [2.05, 4.69) is 20.8 Å². The minimum Gasteiger partial charge on any atom is -0.475 e. The molecule has 1 aliphatic rings. The highest BCUT2D eigenvalue weighted by molar-refractivity contribution is 6.07. The summed E-state index contributed by atoms with van der Waals surface area (Å²) in [5.74, 6) is -0.177. The number of anilines is 1. The molecule has 0 saturated heterocycles. The maximum atomic E-state index is 13.1. The molecule has 0 fully saturated rings. The molecule has 1 heterocycles. The third-order valence-electron chi connectivity index (χ3n) is 4.48. The van der Waals surface area contributed by atoms with Crippen LogP contribution >= 0.6 is 0 Å². The number of benzene rings is 2. The van der Waals surface area contributed by atoms with Crippen molar-refractivity contribution >= 4 is 17.6 Å². The summed E-state index contributed by atoms with van der Waals surface area (Å²) in [5.41, 5.74) is 2.39. The molecule has 3 rings (SSSR count). The number of methoxy groups -OCH3 is 1. The van der Waals surface area contributed by atoms with Gasteiger partial charge in [0, 0.05) is 5.56 Å². The summed E-state index contributed by atoms with van der Waals surface area (Å²) in [6, 6.07) is 14.8. The number of nitrogens with zero attached hydrogens (tertiary/aromatic N) is 1. The van der Waals surface area contributed by atoms with Gasteiger partial charge in [0.25, 0.3) is 5.91 Å². The predicted octanol–water partition coefficient (Wildman–Crippen LogP) is 3.56. The fourth-order valence-electron chi connectivity index (χ4n) is 2.95. The third-order valence-corrected chi connectivity index (χ3v) is 4.48. The van der Waals surface area contributed by atoms with Gasteiger partial charge in [0.05, 0.1) is 19.3 Å². The van der Waals surface area contributed by atoms with Gasteiger partial charge in [-0.2, -0.15) is 0 Å². The van der Waals surface area contributed by atoms with Crippen molar-refractivity contribution in [1.29, 1.82) is 0 Å². The number of carbonyl (C=O) groups is 2. The highest BCUT2D eigenvalue weighted by Crippen LogP contribution is 2.34. The maximum Gasteiger partial charge on any atom is 0.348 e. The largest absolute Gasteiger partial charge is 0.475 e. The van der Waals surface area contributed by atoms with Crippen molar-refractivity contribution in [2.75, 3.05) is 18.6 Å². The van der Waals surface area contributed by atoms with Crippen molar-refractivity contribution in [3.63, 3.8) is 0 Å². The van der Waals surface area contributed by atoms with Crippen molar-refractivity contribution in [2.45, 2.75) is 32.3 Å². The molecule has 0 spiro atoms. The number of fused-ring (bicyclic) bond motifs is 1. The SMILES string of the molecule is COC(=O)[C@@H]1CN(C(=O)c2ccc(C(C)(C)C)cc2)c2ccccc2O1. The van der Waals surface area contributed by atoms with Crippen LogP contribution in [0, 0.1) is 0 Å². The average molecular weight is 353 g/mol. The Balaban J connectivity index is 1.93. The minimum atomic E-state index is -0.840. The standard InChI is InChI=1S/C21H23NO4/c1-21(2,3)15-11-9-14(10-12-15)19(23)22-13-18(20(24)25-4)26-17-8-6-5-7-16(17)22/h5-12,18H,13H2,1-4H3/t18-/m0/s1. The molecule has 0 unspecified atom stereocenters. The Hall–Kier alpha value is -2.82. The van der Waals surface area contributed by atoms with Crippen LogP contribution in [0.25, 0.3) is 0 Å². The van der Waals surface area contributed by atoms with E-state index >= 15 is 0 Å². The molecule has 1 aliphatic heterocycles. The highest BCUT2D eigenvalue weighted by atomic mass is 16.6. The van der Waals surface area contributed by atoms with E-state index in [0.29, 0.717) is 17.0 Å². The highest BCUT2D eigenvalue weighted by Gasteiger charge is 2.34. The number of hydrogen-bond donors (Lipinski definition) is 0. The van der Waals surface area contributed by atoms with Gasteiger partial charge in [-0.3, -0.25) is 4.79 Å². The van der Waals surface area contributed by atoms with E-state index in [9.17, 15) is 9.59 Å². The summed E-state index contributed by atoms with van der Waals surface area (Å²) >= 11 is 0. The minimum absolute atomic E-state index is 0.0170. The number of para-hydroxylation sites is 2. The second-order valence-electron chi connectivity index (χ2n) is 7.34. The lowest BCUT2D eigenvalue weighted by Gasteiger charge is -2.33. The van der Waals surface area contributed by atoms with Crippen LogP contribution in [0.1, 0.15) is 36.7 Å². The Bertz CT molecular complexity index is 821. The van der Waals surface area contributed by atoms with E-state index in [4.69, 9.17) is 9.47 Å². The summed E-state index contributed by atoms with van der Waals surface area (Å²) in [6.07, 6.45) is -0.840. The molecule has 2 aromatic rings. The Kier molecular flexibility index (Phi) is 4.72. The lowest BCUT2D eigenvalue weighted by molar-refractivity contribution is -0.148. The summed E-state index contributed by atoms with van der Waals surface area (Å²) in [5, 5.41) is 0. The number of ether oxygens (including phenoxy) is 2. The fraction of sp³-hybridized carbons (Fsp3) is 0.333. The van der Waals surface area contributed by atoms with Gasteiger partial charge in [0.1, 0.15) is 5.75 Å². The smallest absolute Gasteiger partial charge is 0.348 e. The molecule has 2 aromatic carbocycles. The molecule has 0 bridgehead atoms.